The number of hydrogen-bond donors (Lipinski definition) is 0. The third-order valence-corrected chi connectivity index (χ3v) is 3.96. The van der Waals surface area contributed by atoms with Gasteiger partial charge in [-0.3, -0.25) is 4.79 Å². The molecule has 96 valence electrons. The molecule has 0 fully saturated rings. The molecular formula is C15H24O2. The number of hydrogen-bond acceptors (Lipinski definition) is 2. The Morgan fingerprint density at radius 3 is 2.76 bits per heavy atom. The van der Waals surface area contributed by atoms with Crippen LogP contribution in [0.3, 0.4) is 0 Å². The van der Waals surface area contributed by atoms with Crippen LogP contribution in [0.15, 0.2) is 23.8 Å². The second-order valence-electron chi connectivity index (χ2n) is 5.29. The quantitative estimate of drug-likeness (QED) is 0.535. The topological polar surface area (TPSA) is 26.3 Å². The third-order valence-electron chi connectivity index (χ3n) is 3.96. The highest BCUT2D eigenvalue weighted by Gasteiger charge is 2.33. The average Bonchev–Trinajstić information content (AvgIpc) is 2.54. The van der Waals surface area contributed by atoms with Gasteiger partial charge in [-0.25, -0.2) is 0 Å². The number of carbonyl (C=O) groups is 1. The maximum Gasteiger partial charge on any atom is 0.305 e. The van der Waals surface area contributed by atoms with Crippen molar-refractivity contribution in [2.45, 2.75) is 47.0 Å². The largest absolute Gasteiger partial charge is 0.461 e. The molecule has 2 heteroatoms. The Labute approximate surface area is 105 Å². The monoisotopic (exact) mass is 236 g/mol. The molecule has 0 aromatic heterocycles. The summed E-state index contributed by atoms with van der Waals surface area (Å²) in [6.07, 6.45) is 9.11. The van der Waals surface area contributed by atoms with Gasteiger partial charge in [-0.05, 0) is 31.1 Å². The molecule has 0 saturated carbocycles. The molecule has 0 bridgehead atoms. The summed E-state index contributed by atoms with van der Waals surface area (Å²) >= 11 is 0. The van der Waals surface area contributed by atoms with Crippen molar-refractivity contribution in [2.24, 2.45) is 11.3 Å². The fourth-order valence-corrected chi connectivity index (χ4v) is 2.16. The molecule has 1 unspecified atom stereocenters. The Hall–Kier alpha value is -1.05. The van der Waals surface area contributed by atoms with E-state index in [2.05, 4.69) is 32.9 Å². The lowest BCUT2D eigenvalue weighted by Gasteiger charge is -2.28. The van der Waals surface area contributed by atoms with Gasteiger partial charge >= 0.3 is 5.97 Å². The van der Waals surface area contributed by atoms with Gasteiger partial charge in [-0.2, -0.15) is 0 Å². The van der Waals surface area contributed by atoms with Gasteiger partial charge in [0.05, 0.1) is 0 Å². The van der Waals surface area contributed by atoms with E-state index in [0.717, 1.165) is 12.8 Å². The summed E-state index contributed by atoms with van der Waals surface area (Å²) < 4.78 is 4.99. The number of esters is 1. The number of ether oxygens (including phenoxy) is 1. The van der Waals surface area contributed by atoms with Crippen LogP contribution < -0.4 is 0 Å². The van der Waals surface area contributed by atoms with Gasteiger partial charge in [0.25, 0.3) is 0 Å². The van der Waals surface area contributed by atoms with E-state index in [1.807, 2.05) is 13.0 Å². The van der Waals surface area contributed by atoms with E-state index in [0.29, 0.717) is 24.4 Å². The van der Waals surface area contributed by atoms with Gasteiger partial charge in [0.15, 0.2) is 0 Å². The maximum atomic E-state index is 10.9. The van der Waals surface area contributed by atoms with Gasteiger partial charge in [-0.15, -0.1) is 0 Å². The van der Waals surface area contributed by atoms with E-state index in [-0.39, 0.29) is 5.97 Å². The molecule has 0 aromatic carbocycles. The normalized spacial score (nSPS) is 22.8. The molecule has 0 N–H and O–H groups in total. The number of allylic oxidation sites excluding steroid dienone is 3. The van der Waals surface area contributed by atoms with Crippen LogP contribution in [0.1, 0.15) is 47.0 Å². The van der Waals surface area contributed by atoms with Crippen LogP contribution in [0.25, 0.3) is 0 Å². The third kappa shape index (κ3) is 3.72. The first-order valence-electron chi connectivity index (χ1n) is 6.46. The van der Waals surface area contributed by atoms with Crippen molar-refractivity contribution in [1.82, 2.24) is 0 Å². The van der Waals surface area contributed by atoms with Gasteiger partial charge < -0.3 is 4.74 Å². The molecule has 0 aromatic rings. The van der Waals surface area contributed by atoms with Crippen molar-refractivity contribution < 1.29 is 9.53 Å². The summed E-state index contributed by atoms with van der Waals surface area (Å²) in [7, 11) is 0. The summed E-state index contributed by atoms with van der Waals surface area (Å²) in [4.78, 5) is 10.9. The standard InChI is InChI=1S/C15H24O2/c1-5-14(16)17-11-7-6-8-13-10-9-12(2)15(13,3)4/h6-7,9,13H,5,8,10-11H2,1-4H3/b7-6+. The van der Waals surface area contributed by atoms with E-state index in [4.69, 9.17) is 4.74 Å². The van der Waals surface area contributed by atoms with Crippen LogP contribution in [0.2, 0.25) is 0 Å². The van der Waals surface area contributed by atoms with E-state index in [1.54, 1.807) is 0 Å². The van der Waals surface area contributed by atoms with E-state index in [9.17, 15) is 4.79 Å². The van der Waals surface area contributed by atoms with Crippen molar-refractivity contribution in [3.8, 4) is 0 Å². The fourth-order valence-electron chi connectivity index (χ4n) is 2.16. The number of rotatable bonds is 5. The van der Waals surface area contributed by atoms with Gasteiger partial charge in [0.1, 0.15) is 6.61 Å². The van der Waals surface area contributed by atoms with Gasteiger partial charge in [0, 0.05) is 6.42 Å². The van der Waals surface area contributed by atoms with Crippen molar-refractivity contribution in [3.63, 3.8) is 0 Å². The van der Waals surface area contributed by atoms with Crippen LogP contribution in [-0.2, 0) is 9.53 Å². The molecule has 17 heavy (non-hydrogen) atoms. The van der Waals surface area contributed by atoms with E-state index in [1.165, 1.54) is 5.57 Å². The van der Waals surface area contributed by atoms with E-state index < -0.39 is 0 Å². The molecule has 0 aliphatic heterocycles. The van der Waals surface area contributed by atoms with Crippen LogP contribution >= 0.6 is 0 Å². The van der Waals surface area contributed by atoms with Gasteiger partial charge in [-0.1, -0.05) is 44.6 Å². The molecule has 1 aliphatic carbocycles. The lowest BCUT2D eigenvalue weighted by Crippen LogP contribution is -2.19. The molecule has 0 spiro atoms. The Morgan fingerprint density at radius 2 is 2.24 bits per heavy atom. The smallest absolute Gasteiger partial charge is 0.305 e. The maximum absolute atomic E-state index is 10.9. The summed E-state index contributed by atoms with van der Waals surface area (Å²) in [6, 6.07) is 0. The summed E-state index contributed by atoms with van der Waals surface area (Å²) in [5.41, 5.74) is 1.80. The second-order valence-corrected chi connectivity index (χ2v) is 5.29. The van der Waals surface area contributed by atoms with Crippen LogP contribution in [0.5, 0.6) is 0 Å². The molecule has 1 atom stereocenters. The van der Waals surface area contributed by atoms with Crippen LogP contribution in [-0.4, -0.2) is 12.6 Å². The second kappa shape index (κ2) is 6.04. The minimum atomic E-state index is -0.131. The molecule has 1 rings (SSSR count). The first-order chi connectivity index (χ1) is 7.98. The van der Waals surface area contributed by atoms with Crippen molar-refractivity contribution in [2.75, 3.05) is 6.61 Å². The Bertz CT molecular complexity index is 324. The van der Waals surface area contributed by atoms with Crippen LogP contribution in [0.4, 0.5) is 0 Å². The Kier molecular flexibility index (Phi) is 4.98. The molecule has 0 saturated heterocycles. The van der Waals surface area contributed by atoms with Crippen molar-refractivity contribution >= 4 is 5.97 Å². The van der Waals surface area contributed by atoms with Crippen molar-refractivity contribution in [1.29, 1.82) is 0 Å². The zero-order valence-corrected chi connectivity index (χ0v) is 11.5. The molecule has 0 radical (unpaired) electrons. The van der Waals surface area contributed by atoms with E-state index >= 15 is 0 Å². The lowest BCUT2D eigenvalue weighted by atomic mass is 9.76. The number of carbonyl (C=O) groups excluding carboxylic acids is 1. The zero-order chi connectivity index (χ0) is 12.9. The molecule has 1 aliphatic rings. The highest BCUT2D eigenvalue weighted by atomic mass is 16.5. The van der Waals surface area contributed by atoms with Gasteiger partial charge in [0.2, 0.25) is 0 Å². The molecular weight excluding hydrogens is 212 g/mol. The molecule has 2 nitrogen and oxygen atoms in total. The lowest BCUT2D eigenvalue weighted by molar-refractivity contribution is -0.141. The summed E-state index contributed by atoms with van der Waals surface area (Å²) in [6.45, 7) is 9.05. The predicted molar refractivity (Wildman–Crippen MR) is 70.7 cm³/mol. The molecule has 0 heterocycles. The minimum Gasteiger partial charge on any atom is -0.461 e. The average molecular weight is 236 g/mol. The first kappa shape index (κ1) is 14.0. The highest BCUT2D eigenvalue weighted by Crippen LogP contribution is 2.44. The Balaban J connectivity index is 2.28. The predicted octanol–water partition coefficient (Wildman–Crippen LogP) is 3.88. The summed E-state index contributed by atoms with van der Waals surface area (Å²) in [5.74, 6) is 0.550. The van der Waals surface area contributed by atoms with Crippen LogP contribution in [0, 0.1) is 11.3 Å². The zero-order valence-electron chi connectivity index (χ0n) is 11.5. The molecule has 0 amide bonds. The highest BCUT2D eigenvalue weighted by molar-refractivity contribution is 5.68. The minimum absolute atomic E-state index is 0.131. The SMILES string of the molecule is CCC(=O)OC/C=C/CC1CC=C(C)C1(C)C. The Morgan fingerprint density at radius 1 is 1.53 bits per heavy atom. The first-order valence-corrected chi connectivity index (χ1v) is 6.46. The van der Waals surface area contributed by atoms with Crippen molar-refractivity contribution in [3.05, 3.63) is 23.8 Å². The fraction of sp³-hybridized carbons (Fsp3) is 0.667. The summed E-state index contributed by atoms with van der Waals surface area (Å²) in [5, 5.41) is 0.